The maximum atomic E-state index is 12.6. The lowest BCUT2D eigenvalue weighted by Gasteiger charge is -2.20. The van der Waals surface area contributed by atoms with E-state index in [4.69, 9.17) is 24.8 Å². The minimum atomic E-state index is -4.78. The average Bonchev–Trinajstić information content (AvgIpc) is 3.20. The monoisotopic (exact) mass is 852 g/mol. The number of carboxylic acid groups (broad SMARTS) is 1. The molecule has 2 unspecified atom stereocenters. The molecule has 0 fully saturated rings. The molecular weight excluding hydrogens is 773 g/mol. The van der Waals surface area contributed by atoms with Gasteiger partial charge in [0.1, 0.15) is 12.6 Å². The summed E-state index contributed by atoms with van der Waals surface area (Å²) >= 11 is 0. The van der Waals surface area contributed by atoms with E-state index in [1.807, 2.05) is 12.2 Å². The number of ether oxygens (including phenoxy) is 2. The first-order chi connectivity index (χ1) is 28.5. The molecule has 0 aromatic heterocycles. The molecule has 0 spiro atoms. The van der Waals surface area contributed by atoms with Gasteiger partial charge in [0.25, 0.3) is 0 Å². The van der Waals surface area contributed by atoms with Crippen LogP contribution in [0.1, 0.15) is 162 Å². The molecule has 5 N–H and O–H groups in total. The van der Waals surface area contributed by atoms with Gasteiger partial charge < -0.3 is 30.3 Å². The second-order valence-electron chi connectivity index (χ2n) is 14.7. The molecule has 0 heterocycles. The molecule has 0 aliphatic carbocycles. The molecule has 0 radical (unpaired) electrons. The van der Waals surface area contributed by atoms with E-state index in [1.165, 1.54) is 57.8 Å². The Morgan fingerprint density at radius 3 is 1.71 bits per heavy atom. The molecule has 0 rings (SSSR count). The molecule has 4 atom stereocenters. The molecule has 338 valence electrons. The fourth-order valence-corrected chi connectivity index (χ4v) is 6.27. The van der Waals surface area contributed by atoms with Crippen LogP contribution < -0.4 is 5.73 Å². The van der Waals surface area contributed by atoms with Gasteiger partial charge >= 0.3 is 25.7 Å². The average molecular weight is 852 g/mol. The van der Waals surface area contributed by atoms with Crippen molar-refractivity contribution in [2.45, 2.75) is 180 Å². The zero-order chi connectivity index (χ0) is 43.7. The first kappa shape index (κ1) is 55.9. The minimum Gasteiger partial charge on any atom is -0.480 e. The van der Waals surface area contributed by atoms with Gasteiger partial charge in [0.05, 0.1) is 19.3 Å². The Kier molecular flexibility index (Phi) is 38.2. The van der Waals surface area contributed by atoms with Crippen molar-refractivity contribution in [3.05, 3.63) is 72.9 Å². The van der Waals surface area contributed by atoms with Gasteiger partial charge in [0, 0.05) is 12.8 Å². The van der Waals surface area contributed by atoms with Gasteiger partial charge in [-0.3, -0.25) is 23.4 Å². The number of aliphatic carboxylic acids is 1. The normalized spacial score (nSPS) is 14.9. The Hall–Kier alpha value is -3.12. The summed E-state index contributed by atoms with van der Waals surface area (Å²) in [7, 11) is -4.78. The number of rotatable bonds is 40. The van der Waals surface area contributed by atoms with Crippen LogP contribution in [-0.2, 0) is 37.5 Å². The number of carbonyl (C=O) groups is 3. The predicted molar refractivity (Wildman–Crippen MR) is 237 cm³/mol. The number of phosphoric acid groups is 1. The van der Waals surface area contributed by atoms with Crippen LogP contribution in [0.5, 0.6) is 0 Å². The zero-order valence-corrected chi connectivity index (χ0v) is 37.1. The number of hydrogen-bond acceptors (Lipinski definition) is 10. The van der Waals surface area contributed by atoms with E-state index in [2.05, 4.69) is 67.0 Å². The highest BCUT2D eigenvalue weighted by atomic mass is 31.2. The van der Waals surface area contributed by atoms with E-state index in [1.54, 1.807) is 12.2 Å². The first-order valence-corrected chi connectivity index (χ1v) is 23.6. The summed E-state index contributed by atoms with van der Waals surface area (Å²) in [5.41, 5.74) is 5.32. The molecule has 59 heavy (non-hydrogen) atoms. The van der Waals surface area contributed by atoms with Crippen molar-refractivity contribution in [2.75, 3.05) is 19.8 Å². The van der Waals surface area contributed by atoms with Gasteiger partial charge in [-0.2, -0.15) is 0 Å². The third-order valence-electron chi connectivity index (χ3n) is 9.03. The van der Waals surface area contributed by atoms with Crippen LogP contribution >= 0.6 is 7.82 Å². The summed E-state index contributed by atoms with van der Waals surface area (Å²) in [5, 5.41) is 19.2. The maximum absolute atomic E-state index is 12.6. The summed E-state index contributed by atoms with van der Waals surface area (Å²) in [5.74, 6) is -2.64. The number of aliphatic hydroxyl groups is 1. The minimum absolute atomic E-state index is 0.0714. The third-order valence-corrected chi connectivity index (χ3v) is 9.98. The number of nitrogens with two attached hydrogens (primary N) is 1. The molecule has 0 aromatic rings. The number of allylic oxidation sites excluding steroid dienone is 11. The van der Waals surface area contributed by atoms with Crippen molar-refractivity contribution in [3.8, 4) is 0 Å². The van der Waals surface area contributed by atoms with Crippen molar-refractivity contribution in [2.24, 2.45) is 5.73 Å². The van der Waals surface area contributed by atoms with Gasteiger partial charge in [-0.15, -0.1) is 0 Å². The largest absolute Gasteiger partial charge is 0.480 e. The summed E-state index contributed by atoms with van der Waals surface area (Å²) in [6, 6.07) is -1.56. The number of carbonyl (C=O) groups excluding carboxylic acids is 2. The highest BCUT2D eigenvalue weighted by molar-refractivity contribution is 7.47. The molecule has 12 nitrogen and oxygen atoms in total. The molecule has 0 aromatic carbocycles. The van der Waals surface area contributed by atoms with Crippen molar-refractivity contribution < 1.29 is 52.6 Å². The maximum Gasteiger partial charge on any atom is 0.472 e. The quantitative estimate of drug-likeness (QED) is 0.0150. The highest BCUT2D eigenvalue weighted by Crippen LogP contribution is 2.43. The van der Waals surface area contributed by atoms with Gasteiger partial charge in [-0.05, 0) is 77.0 Å². The SMILES string of the molecule is CCCCC/C=C\C/C=C\C/C=C\CCCCCCC(=O)OC[C@H](COP(=O)(O)OC[C@H](N)C(=O)O)OC(=O)CCCC(O)/C=C/C=C/C/C=C/CCCCCCCC. The zero-order valence-electron chi connectivity index (χ0n) is 36.2. The fourth-order valence-electron chi connectivity index (χ4n) is 5.49. The van der Waals surface area contributed by atoms with E-state index < -0.39 is 63.8 Å². The second-order valence-corrected chi connectivity index (χ2v) is 16.1. The number of esters is 2. The lowest BCUT2D eigenvalue weighted by atomic mass is 10.1. The standard InChI is InChI=1S/C46H78NO11P/c1-3-5-7-9-11-13-15-17-18-19-20-22-24-26-28-30-32-36-44(49)55-38-42(39-56-59(53,54)57-40-43(47)46(51)52)58-45(50)37-33-35-41(48)34-31-29-27-25-23-21-16-14-12-10-8-6-4-2/h11,13,17-18,20-23,27,29,31,34,41-43,48H,3-10,12,14-16,19,24-26,28,30,32-33,35-40,47H2,1-2H3,(H,51,52)(H,53,54)/b13-11-,18-17-,22-20-,23-21+,29-27+,34-31+/t41?,42-,43+/m1/s1. The van der Waals surface area contributed by atoms with E-state index >= 15 is 0 Å². The van der Waals surface area contributed by atoms with Crippen LogP contribution in [0, 0.1) is 0 Å². The molecule has 0 bridgehead atoms. The molecule has 0 amide bonds. The molecule has 0 aliphatic rings. The predicted octanol–water partition coefficient (Wildman–Crippen LogP) is 10.7. The Bertz CT molecular complexity index is 1290. The third kappa shape index (κ3) is 40.1. The van der Waals surface area contributed by atoms with Crippen molar-refractivity contribution >= 4 is 25.7 Å². The van der Waals surface area contributed by atoms with Crippen LogP contribution in [0.15, 0.2) is 72.9 Å². The van der Waals surface area contributed by atoms with Crippen LogP contribution in [-0.4, -0.2) is 71.1 Å². The summed E-state index contributed by atoms with van der Waals surface area (Å²) in [6.07, 6.45) is 44.2. The Balaban J connectivity index is 4.60. The number of unbranched alkanes of at least 4 members (excludes halogenated alkanes) is 13. The number of hydrogen-bond donors (Lipinski definition) is 4. The van der Waals surface area contributed by atoms with Crippen molar-refractivity contribution in [1.82, 2.24) is 0 Å². The van der Waals surface area contributed by atoms with Crippen LogP contribution in [0.3, 0.4) is 0 Å². The van der Waals surface area contributed by atoms with Gasteiger partial charge in [-0.25, -0.2) is 4.57 Å². The highest BCUT2D eigenvalue weighted by Gasteiger charge is 2.28. The molecular formula is C46H78NO11P. The Labute approximate surface area is 355 Å². The molecule has 0 aliphatic heterocycles. The fraction of sp³-hybridized carbons (Fsp3) is 0.674. The topological polar surface area (TPSA) is 192 Å². The molecule has 0 saturated carbocycles. The van der Waals surface area contributed by atoms with E-state index in [9.17, 15) is 28.9 Å². The van der Waals surface area contributed by atoms with Gasteiger partial charge in [-0.1, -0.05) is 145 Å². The van der Waals surface area contributed by atoms with Crippen molar-refractivity contribution in [1.29, 1.82) is 0 Å². The summed E-state index contributed by atoms with van der Waals surface area (Å²) in [6.45, 7) is 2.54. The molecule has 13 heteroatoms. The second kappa shape index (κ2) is 40.3. The Morgan fingerprint density at radius 2 is 1.10 bits per heavy atom. The smallest absolute Gasteiger partial charge is 0.472 e. The molecule has 0 saturated heterocycles. The van der Waals surface area contributed by atoms with Crippen molar-refractivity contribution in [3.63, 3.8) is 0 Å². The van der Waals surface area contributed by atoms with Gasteiger partial charge in [0.15, 0.2) is 6.10 Å². The lowest BCUT2D eigenvalue weighted by molar-refractivity contribution is -0.161. The summed E-state index contributed by atoms with van der Waals surface area (Å²) in [4.78, 5) is 46.0. The number of carboxylic acids is 1. The number of phosphoric ester groups is 1. The van der Waals surface area contributed by atoms with E-state index in [-0.39, 0.29) is 12.8 Å². The summed E-state index contributed by atoms with van der Waals surface area (Å²) < 4.78 is 32.5. The van der Waals surface area contributed by atoms with E-state index in [0.717, 1.165) is 57.8 Å². The van der Waals surface area contributed by atoms with Crippen LogP contribution in [0.4, 0.5) is 0 Å². The van der Waals surface area contributed by atoms with E-state index in [0.29, 0.717) is 19.3 Å². The lowest BCUT2D eigenvalue weighted by Crippen LogP contribution is -2.34. The van der Waals surface area contributed by atoms with Crippen LogP contribution in [0.2, 0.25) is 0 Å². The Morgan fingerprint density at radius 1 is 0.610 bits per heavy atom. The van der Waals surface area contributed by atoms with Crippen LogP contribution in [0.25, 0.3) is 0 Å². The first-order valence-electron chi connectivity index (χ1n) is 22.1. The van der Waals surface area contributed by atoms with Gasteiger partial charge in [0.2, 0.25) is 0 Å². The number of aliphatic hydroxyl groups excluding tert-OH is 1.